The van der Waals surface area contributed by atoms with Crippen molar-refractivity contribution >= 4 is 35.6 Å². The number of hydrogen-bond acceptors (Lipinski definition) is 4. The van der Waals surface area contributed by atoms with Gasteiger partial charge in [-0.3, -0.25) is 4.79 Å². The predicted molar refractivity (Wildman–Crippen MR) is 101 cm³/mol. The molecule has 1 aliphatic rings. The van der Waals surface area contributed by atoms with Crippen LogP contribution in [0.4, 0.5) is 5.69 Å². The molecule has 0 aromatic heterocycles. The third-order valence-corrected chi connectivity index (χ3v) is 3.95. The highest BCUT2D eigenvalue weighted by atomic mass is 35.5. The van der Waals surface area contributed by atoms with Gasteiger partial charge < -0.3 is 20.1 Å². The van der Waals surface area contributed by atoms with Crippen molar-refractivity contribution in [1.29, 1.82) is 0 Å². The number of rotatable bonds is 5. The van der Waals surface area contributed by atoms with Crippen LogP contribution in [-0.4, -0.2) is 31.7 Å². The van der Waals surface area contributed by atoms with Gasteiger partial charge in [-0.25, -0.2) is 0 Å². The van der Waals surface area contributed by atoms with E-state index >= 15 is 0 Å². The van der Waals surface area contributed by atoms with E-state index in [0.717, 1.165) is 12.2 Å². The summed E-state index contributed by atoms with van der Waals surface area (Å²) in [5, 5.41) is 6.69. The van der Waals surface area contributed by atoms with Gasteiger partial charge in [0.05, 0.1) is 18.2 Å². The highest BCUT2D eigenvalue weighted by molar-refractivity contribution is 6.32. The second-order valence-corrected chi connectivity index (χ2v) is 5.94. The molecule has 0 bridgehead atoms. The zero-order valence-electron chi connectivity index (χ0n) is 13.5. The predicted octanol–water partition coefficient (Wildman–Crippen LogP) is 3.87. The molecule has 1 saturated heterocycles. The molecule has 1 atom stereocenters. The number of ether oxygens (including phenoxy) is 2. The maximum atomic E-state index is 12.0. The summed E-state index contributed by atoms with van der Waals surface area (Å²) in [6, 6.07) is 14.5. The van der Waals surface area contributed by atoms with Crippen LogP contribution in [0.25, 0.3) is 0 Å². The third-order valence-electron chi connectivity index (χ3n) is 3.63. The van der Waals surface area contributed by atoms with Crippen LogP contribution in [0.15, 0.2) is 48.5 Å². The fourth-order valence-electron chi connectivity index (χ4n) is 2.45. The summed E-state index contributed by atoms with van der Waals surface area (Å²) in [4.78, 5) is 12.0. The number of halogens is 2. The number of carbonyl (C=O) groups excluding carboxylic acids is 1. The number of para-hydroxylation sites is 1. The molecule has 1 amide bonds. The number of morpholine rings is 1. The van der Waals surface area contributed by atoms with E-state index in [2.05, 4.69) is 10.6 Å². The second kappa shape index (κ2) is 9.63. The molecule has 0 saturated carbocycles. The number of anilines is 1. The monoisotopic (exact) mass is 382 g/mol. The Bertz CT molecular complexity index is 689. The normalized spacial score (nSPS) is 16.6. The van der Waals surface area contributed by atoms with Crippen LogP contribution in [-0.2, 0) is 9.53 Å². The second-order valence-electron chi connectivity index (χ2n) is 5.54. The number of benzene rings is 2. The topological polar surface area (TPSA) is 59.6 Å². The Kier molecular flexibility index (Phi) is 7.52. The van der Waals surface area contributed by atoms with E-state index in [9.17, 15) is 4.79 Å². The number of nitrogens with one attached hydrogen (secondary N) is 2. The molecule has 5 nitrogen and oxygen atoms in total. The molecule has 1 aliphatic heterocycles. The van der Waals surface area contributed by atoms with E-state index < -0.39 is 0 Å². The van der Waals surface area contributed by atoms with Crippen molar-refractivity contribution in [3.8, 4) is 11.5 Å². The largest absolute Gasteiger partial charge is 0.456 e. The highest BCUT2D eigenvalue weighted by Gasteiger charge is 2.16. The molecule has 25 heavy (non-hydrogen) atoms. The van der Waals surface area contributed by atoms with E-state index in [-0.39, 0.29) is 24.4 Å². The average molecular weight is 383 g/mol. The highest BCUT2D eigenvalue weighted by Crippen LogP contribution is 2.29. The van der Waals surface area contributed by atoms with Crippen LogP contribution in [0.1, 0.15) is 6.42 Å². The summed E-state index contributed by atoms with van der Waals surface area (Å²) in [6.45, 7) is 2.05. The zero-order chi connectivity index (χ0) is 16.8. The van der Waals surface area contributed by atoms with E-state index in [1.165, 1.54) is 0 Å². The maximum Gasteiger partial charge on any atom is 0.226 e. The first-order chi connectivity index (χ1) is 11.7. The summed E-state index contributed by atoms with van der Waals surface area (Å²) >= 11 is 6.07. The maximum absolute atomic E-state index is 12.0. The molecule has 0 radical (unpaired) electrons. The zero-order valence-corrected chi connectivity index (χ0v) is 15.1. The van der Waals surface area contributed by atoms with Crippen molar-refractivity contribution in [2.75, 3.05) is 25.1 Å². The standard InChI is InChI=1S/C18H19ClN2O3.ClH/c19-16-3-1-2-4-17(16)24-15-7-5-13(6-8-15)21-18(22)11-14-12-23-10-9-20-14;/h1-8,14,20H,9-12H2,(H,21,22);1H. The number of carbonyl (C=O) groups is 1. The van der Waals surface area contributed by atoms with Crippen LogP contribution >= 0.6 is 24.0 Å². The molecule has 7 heteroatoms. The Balaban J connectivity index is 0.00000225. The van der Waals surface area contributed by atoms with Crippen LogP contribution in [0.3, 0.4) is 0 Å². The first-order valence-electron chi connectivity index (χ1n) is 7.84. The molecule has 134 valence electrons. The Morgan fingerprint density at radius 1 is 1.24 bits per heavy atom. The lowest BCUT2D eigenvalue weighted by Gasteiger charge is -2.23. The van der Waals surface area contributed by atoms with Gasteiger partial charge in [-0.1, -0.05) is 23.7 Å². The molecule has 1 unspecified atom stereocenters. The van der Waals surface area contributed by atoms with Gasteiger partial charge in [-0.15, -0.1) is 12.4 Å². The minimum absolute atomic E-state index is 0. The smallest absolute Gasteiger partial charge is 0.226 e. The Morgan fingerprint density at radius 3 is 2.68 bits per heavy atom. The Hall–Kier alpha value is -1.79. The van der Waals surface area contributed by atoms with E-state index in [1.54, 1.807) is 36.4 Å². The summed E-state index contributed by atoms with van der Waals surface area (Å²) in [5.41, 5.74) is 0.725. The quantitative estimate of drug-likeness (QED) is 0.823. The van der Waals surface area contributed by atoms with Gasteiger partial charge in [0.15, 0.2) is 0 Å². The summed E-state index contributed by atoms with van der Waals surface area (Å²) in [6.07, 6.45) is 0.387. The van der Waals surface area contributed by atoms with Crippen molar-refractivity contribution in [2.45, 2.75) is 12.5 Å². The number of hydrogen-bond donors (Lipinski definition) is 2. The molecule has 0 aliphatic carbocycles. The van der Waals surface area contributed by atoms with Crippen LogP contribution in [0.2, 0.25) is 5.02 Å². The first-order valence-corrected chi connectivity index (χ1v) is 8.22. The van der Waals surface area contributed by atoms with Crippen LogP contribution < -0.4 is 15.4 Å². The van der Waals surface area contributed by atoms with Crippen LogP contribution in [0.5, 0.6) is 11.5 Å². The lowest BCUT2D eigenvalue weighted by Crippen LogP contribution is -2.43. The summed E-state index contributed by atoms with van der Waals surface area (Å²) in [5.74, 6) is 1.21. The SMILES string of the molecule is Cl.O=C(CC1COCCN1)Nc1ccc(Oc2ccccc2Cl)cc1. The summed E-state index contributed by atoms with van der Waals surface area (Å²) < 4.78 is 11.1. The molecular weight excluding hydrogens is 363 g/mol. The van der Waals surface area contributed by atoms with Gasteiger partial charge in [0, 0.05) is 24.7 Å². The fraction of sp³-hybridized carbons (Fsp3) is 0.278. The molecule has 2 aromatic rings. The van der Waals surface area contributed by atoms with Gasteiger partial charge in [-0.05, 0) is 36.4 Å². The minimum Gasteiger partial charge on any atom is -0.456 e. The first kappa shape index (κ1) is 19.5. The van der Waals surface area contributed by atoms with Gasteiger partial charge in [0.2, 0.25) is 5.91 Å². The molecule has 2 aromatic carbocycles. The molecule has 2 N–H and O–H groups in total. The lowest BCUT2D eigenvalue weighted by atomic mass is 10.2. The van der Waals surface area contributed by atoms with Crippen molar-refractivity contribution in [3.05, 3.63) is 53.6 Å². The van der Waals surface area contributed by atoms with Crippen molar-refractivity contribution in [3.63, 3.8) is 0 Å². The van der Waals surface area contributed by atoms with Crippen molar-refractivity contribution in [1.82, 2.24) is 5.32 Å². The Labute approximate surface area is 158 Å². The van der Waals surface area contributed by atoms with Gasteiger partial charge >= 0.3 is 0 Å². The molecule has 0 spiro atoms. The number of amides is 1. The molecular formula is C18H20Cl2N2O3. The minimum atomic E-state index is -0.0437. The van der Waals surface area contributed by atoms with Gasteiger partial charge in [0.25, 0.3) is 0 Å². The molecule has 3 rings (SSSR count). The summed E-state index contributed by atoms with van der Waals surface area (Å²) in [7, 11) is 0. The van der Waals surface area contributed by atoms with Crippen molar-refractivity contribution in [2.24, 2.45) is 0 Å². The van der Waals surface area contributed by atoms with Crippen molar-refractivity contribution < 1.29 is 14.3 Å². The Morgan fingerprint density at radius 2 is 2.00 bits per heavy atom. The molecule has 1 heterocycles. The van der Waals surface area contributed by atoms with Gasteiger partial charge in [-0.2, -0.15) is 0 Å². The average Bonchev–Trinajstić information content (AvgIpc) is 2.59. The van der Waals surface area contributed by atoms with E-state index in [0.29, 0.717) is 36.2 Å². The fourth-order valence-corrected chi connectivity index (χ4v) is 2.62. The third kappa shape index (κ3) is 5.90. The van der Waals surface area contributed by atoms with E-state index in [1.807, 2.05) is 12.1 Å². The lowest BCUT2D eigenvalue weighted by molar-refractivity contribution is -0.117. The molecule has 1 fully saturated rings. The van der Waals surface area contributed by atoms with Crippen LogP contribution in [0, 0.1) is 0 Å². The van der Waals surface area contributed by atoms with Gasteiger partial charge in [0.1, 0.15) is 11.5 Å². The van der Waals surface area contributed by atoms with E-state index in [4.69, 9.17) is 21.1 Å².